The maximum Gasteiger partial charge on any atom is 0.387 e. The van der Waals surface area contributed by atoms with E-state index < -0.39 is 12.6 Å². The van der Waals surface area contributed by atoms with Crippen LogP contribution in [0.5, 0.6) is 5.75 Å². The van der Waals surface area contributed by atoms with Gasteiger partial charge in [-0.05, 0) is 18.2 Å². The van der Waals surface area contributed by atoms with Gasteiger partial charge in [-0.3, -0.25) is 0 Å². The number of benzene rings is 1. The van der Waals surface area contributed by atoms with Crippen LogP contribution in [-0.4, -0.2) is 24.7 Å². The summed E-state index contributed by atoms with van der Waals surface area (Å²) < 4.78 is 28.0. The normalized spacial score (nSPS) is 10.1. The second-order valence-electron chi connectivity index (χ2n) is 2.64. The number of nitrogens with one attached hydrogen (secondary N) is 1. The predicted octanol–water partition coefficient (Wildman–Crippen LogP) is 2.03. The Bertz CT molecular complexity index is 368. The summed E-state index contributed by atoms with van der Waals surface area (Å²) in [5.41, 5.74) is 0.205. The first-order chi connectivity index (χ1) is 7.04. The lowest BCUT2D eigenvalue weighted by Gasteiger charge is -2.10. The average molecular weight is 217 g/mol. The smallest absolute Gasteiger partial charge is 0.387 e. The highest BCUT2D eigenvalue weighted by atomic mass is 19.3. The number of hydrogen-bond acceptors (Lipinski definition) is 3. The SMILES string of the molecule is CNc1cc(C(=O)O)ccc1OC(F)F. The predicted molar refractivity (Wildman–Crippen MR) is 49.6 cm³/mol. The molecule has 0 radical (unpaired) electrons. The van der Waals surface area contributed by atoms with Gasteiger partial charge in [0, 0.05) is 7.05 Å². The maximum absolute atomic E-state index is 11.9. The minimum atomic E-state index is -2.94. The summed E-state index contributed by atoms with van der Waals surface area (Å²) in [6.07, 6.45) is 0. The number of halogens is 2. The fourth-order valence-corrected chi connectivity index (χ4v) is 1.06. The van der Waals surface area contributed by atoms with Crippen LogP contribution in [0.15, 0.2) is 18.2 Å². The van der Waals surface area contributed by atoms with E-state index in [-0.39, 0.29) is 17.0 Å². The van der Waals surface area contributed by atoms with Crippen molar-refractivity contribution in [3.8, 4) is 5.75 Å². The van der Waals surface area contributed by atoms with Gasteiger partial charge in [-0.2, -0.15) is 8.78 Å². The minimum absolute atomic E-state index is 0.000895. The molecule has 0 aromatic heterocycles. The number of aromatic carboxylic acids is 1. The number of alkyl halides is 2. The van der Waals surface area contributed by atoms with Gasteiger partial charge in [-0.15, -0.1) is 0 Å². The van der Waals surface area contributed by atoms with E-state index in [0.717, 1.165) is 0 Å². The molecule has 0 spiro atoms. The van der Waals surface area contributed by atoms with Crippen molar-refractivity contribution in [2.24, 2.45) is 0 Å². The third kappa shape index (κ3) is 2.80. The zero-order valence-electron chi connectivity index (χ0n) is 7.83. The molecule has 0 aliphatic rings. The van der Waals surface area contributed by atoms with Crippen LogP contribution in [0.25, 0.3) is 0 Å². The Morgan fingerprint density at radius 3 is 2.67 bits per heavy atom. The molecule has 0 saturated carbocycles. The third-order valence-electron chi connectivity index (χ3n) is 1.71. The van der Waals surface area contributed by atoms with Crippen molar-refractivity contribution in [3.05, 3.63) is 23.8 Å². The highest BCUT2D eigenvalue weighted by Crippen LogP contribution is 2.26. The van der Waals surface area contributed by atoms with E-state index in [1.807, 2.05) is 0 Å². The van der Waals surface area contributed by atoms with Crippen molar-refractivity contribution in [2.75, 3.05) is 12.4 Å². The van der Waals surface area contributed by atoms with Crippen LogP contribution in [0.4, 0.5) is 14.5 Å². The zero-order chi connectivity index (χ0) is 11.4. The lowest BCUT2D eigenvalue weighted by Crippen LogP contribution is -2.06. The second kappa shape index (κ2) is 4.59. The van der Waals surface area contributed by atoms with Gasteiger partial charge in [-0.25, -0.2) is 4.79 Å². The van der Waals surface area contributed by atoms with E-state index in [1.54, 1.807) is 0 Å². The Balaban J connectivity index is 3.03. The number of carbonyl (C=O) groups is 1. The summed E-state index contributed by atoms with van der Waals surface area (Å²) in [6, 6.07) is 3.60. The monoisotopic (exact) mass is 217 g/mol. The Morgan fingerprint density at radius 2 is 2.20 bits per heavy atom. The van der Waals surface area contributed by atoms with Crippen LogP contribution >= 0.6 is 0 Å². The number of ether oxygens (including phenoxy) is 1. The molecule has 2 N–H and O–H groups in total. The number of rotatable bonds is 4. The van der Waals surface area contributed by atoms with Gasteiger partial charge >= 0.3 is 12.6 Å². The average Bonchev–Trinajstić information content (AvgIpc) is 2.17. The molecule has 0 aliphatic carbocycles. The topological polar surface area (TPSA) is 58.6 Å². The van der Waals surface area contributed by atoms with Crippen LogP contribution in [0.2, 0.25) is 0 Å². The van der Waals surface area contributed by atoms with E-state index in [0.29, 0.717) is 0 Å². The van der Waals surface area contributed by atoms with Gasteiger partial charge in [0.2, 0.25) is 0 Å². The van der Waals surface area contributed by atoms with E-state index >= 15 is 0 Å². The summed E-state index contributed by atoms with van der Waals surface area (Å²) in [5, 5.41) is 11.2. The quantitative estimate of drug-likeness (QED) is 0.810. The fraction of sp³-hybridized carbons (Fsp3) is 0.222. The number of hydrogen-bond donors (Lipinski definition) is 2. The first-order valence-electron chi connectivity index (χ1n) is 4.04. The summed E-state index contributed by atoms with van der Waals surface area (Å²) in [4.78, 5) is 10.6. The van der Waals surface area contributed by atoms with Gasteiger partial charge < -0.3 is 15.2 Å². The lowest BCUT2D eigenvalue weighted by atomic mass is 10.2. The Hall–Kier alpha value is -1.85. The molecule has 6 heteroatoms. The molecule has 0 saturated heterocycles. The zero-order valence-corrected chi connectivity index (χ0v) is 7.83. The highest BCUT2D eigenvalue weighted by Gasteiger charge is 2.11. The molecular weight excluding hydrogens is 208 g/mol. The highest BCUT2D eigenvalue weighted by molar-refractivity contribution is 5.89. The Kier molecular flexibility index (Phi) is 3.43. The van der Waals surface area contributed by atoms with Crippen molar-refractivity contribution in [1.29, 1.82) is 0 Å². The molecule has 0 bridgehead atoms. The van der Waals surface area contributed by atoms with Crippen molar-refractivity contribution >= 4 is 11.7 Å². The Morgan fingerprint density at radius 1 is 1.53 bits per heavy atom. The first-order valence-corrected chi connectivity index (χ1v) is 4.04. The van der Waals surface area contributed by atoms with Crippen LogP contribution in [0.3, 0.4) is 0 Å². The summed E-state index contributed by atoms with van der Waals surface area (Å²) in [7, 11) is 1.49. The van der Waals surface area contributed by atoms with Crippen molar-refractivity contribution < 1.29 is 23.4 Å². The molecule has 0 heterocycles. The molecule has 0 unspecified atom stereocenters. The van der Waals surface area contributed by atoms with Gasteiger partial charge in [-0.1, -0.05) is 0 Å². The van der Waals surface area contributed by atoms with Crippen molar-refractivity contribution in [2.45, 2.75) is 6.61 Å². The molecule has 1 aromatic carbocycles. The molecule has 0 aliphatic heterocycles. The fourth-order valence-electron chi connectivity index (χ4n) is 1.06. The largest absolute Gasteiger partial charge is 0.478 e. The lowest BCUT2D eigenvalue weighted by molar-refractivity contribution is -0.0493. The molecule has 82 valence electrons. The van der Waals surface area contributed by atoms with Crippen molar-refractivity contribution in [3.63, 3.8) is 0 Å². The van der Waals surface area contributed by atoms with E-state index in [4.69, 9.17) is 5.11 Å². The van der Waals surface area contributed by atoms with Gasteiger partial charge in [0.1, 0.15) is 5.75 Å². The molecule has 0 fully saturated rings. The van der Waals surface area contributed by atoms with Gasteiger partial charge in [0.25, 0.3) is 0 Å². The number of carboxylic acids is 1. The Labute approximate surface area is 84.5 Å². The molecule has 1 aromatic rings. The van der Waals surface area contributed by atoms with E-state index in [1.165, 1.54) is 25.2 Å². The summed E-state index contributed by atoms with van der Waals surface area (Å²) in [5.74, 6) is -1.22. The second-order valence-corrected chi connectivity index (χ2v) is 2.64. The number of anilines is 1. The maximum atomic E-state index is 11.9. The van der Waals surface area contributed by atoms with Crippen LogP contribution in [-0.2, 0) is 0 Å². The molecular formula is C9H9F2NO3. The molecule has 0 amide bonds. The van der Waals surface area contributed by atoms with Gasteiger partial charge in [0.15, 0.2) is 0 Å². The molecule has 15 heavy (non-hydrogen) atoms. The molecule has 4 nitrogen and oxygen atoms in total. The van der Waals surface area contributed by atoms with Crippen LogP contribution in [0, 0.1) is 0 Å². The molecule has 0 atom stereocenters. The van der Waals surface area contributed by atoms with E-state index in [2.05, 4.69) is 10.1 Å². The minimum Gasteiger partial charge on any atom is -0.478 e. The van der Waals surface area contributed by atoms with Crippen LogP contribution in [0.1, 0.15) is 10.4 Å². The third-order valence-corrected chi connectivity index (χ3v) is 1.71. The first kappa shape index (κ1) is 11.2. The van der Waals surface area contributed by atoms with Gasteiger partial charge in [0.05, 0.1) is 11.3 Å². The summed E-state index contributed by atoms with van der Waals surface area (Å²) >= 11 is 0. The van der Waals surface area contributed by atoms with Crippen molar-refractivity contribution in [1.82, 2.24) is 0 Å². The standard InChI is InChI=1S/C9H9F2NO3/c1-12-6-4-5(8(13)14)2-3-7(6)15-9(10)11/h2-4,9,12H,1H3,(H,13,14). The number of carboxylic acid groups (broad SMARTS) is 1. The molecule has 1 rings (SSSR count). The van der Waals surface area contributed by atoms with Crippen LogP contribution < -0.4 is 10.1 Å². The summed E-state index contributed by atoms with van der Waals surface area (Å²) in [6.45, 7) is -2.94. The van der Waals surface area contributed by atoms with E-state index in [9.17, 15) is 13.6 Å².